The van der Waals surface area contributed by atoms with Gasteiger partial charge in [-0.15, -0.1) is 0 Å². The van der Waals surface area contributed by atoms with Gasteiger partial charge in [0, 0.05) is 18.7 Å². The maximum Gasteiger partial charge on any atom is 0.268 e. The van der Waals surface area contributed by atoms with Gasteiger partial charge in [-0.2, -0.15) is 0 Å². The Morgan fingerprint density at radius 1 is 1.12 bits per heavy atom. The highest BCUT2D eigenvalue weighted by atomic mass is 16.5. The lowest BCUT2D eigenvalue weighted by atomic mass is 10.1. The van der Waals surface area contributed by atoms with Crippen molar-refractivity contribution in [3.05, 3.63) is 54.1 Å². The van der Waals surface area contributed by atoms with Crippen LogP contribution in [0.5, 0.6) is 5.75 Å². The molecule has 136 valence electrons. The number of fused-ring (bicyclic) bond motifs is 1. The first-order chi connectivity index (χ1) is 12.6. The van der Waals surface area contributed by atoms with Crippen LogP contribution >= 0.6 is 0 Å². The smallest absolute Gasteiger partial charge is 0.268 e. The highest BCUT2D eigenvalue weighted by Gasteiger charge is 2.33. The zero-order valence-electron chi connectivity index (χ0n) is 15.2. The van der Waals surface area contributed by atoms with Crippen LogP contribution in [0.1, 0.15) is 32.3 Å². The van der Waals surface area contributed by atoms with E-state index in [-0.39, 0.29) is 18.2 Å². The fourth-order valence-electron chi connectivity index (χ4n) is 3.03. The largest absolute Gasteiger partial charge is 0.478 e. The van der Waals surface area contributed by atoms with Gasteiger partial charge in [0.05, 0.1) is 5.69 Å². The fourth-order valence-corrected chi connectivity index (χ4v) is 3.03. The fraction of sp³-hybridized carbons (Fsp3) is 0.333. The molecular formula is C21H24N2O3. The number of hydrogen-bond donors (Lipinski definition) is 1. The monoisotopic (exact) mass is 352 g/mol. The average Bonchev–Trinajstić information content (AvgIpc) is 2.67. The lowest BCUT2D eigenvalue weighted by molar-refractivity contribution is -0.126. The normalized spacial score (nSPS) is 16.0. The number of para-hydroxylation sites is 2. The second kappa shape index (κ2) is 8.04. The molecule has 26 heavy (non-hydrogen) atoms. The second-order valence-corrected chi connectivity index (χ2v) is 6.32. The van der Waals surface area contributed by atoms with E-state index in [0.29, 0.717) is 18.7 Å². The van der Waals surface area contributed by atoms with Crippen LogP contribution in [0, 0.1) is 0 Å². The van der Waals surface area contributed by atoms with E-state index in [2.05, 4.69) is 12.2 Å². The van der Waals surface area contributed by atoms with Crippen molar-refractivity contribution in [2.45, 2.75) is 39.2 Å². The Morgan fingerprint density at radius 3 is 2.54 bits per heavy atom. The summed E-state index contributed by atoms with van der Waals surface area (Å²) in [6.07, 6.45) is 1.30. The first-order valence-electron chi connectivity index (χ1n) is 9.08. The second-order valence-electron chi connectivity index (χ2n) is 6.32. The molecule has 5 nitrogen and oxygen atoms in total. The molecule has 0 saturated carbocycles. The van der Waals surface area contributed by atoms with Gasteiger partial charge in [0.2, 0.25) is 5.91 Å². The summed E-state index contributed by atoms with van der Waals surface area (Å²) in [7, 11) is 0. The van der Waals surface area contributed by atoms with Gasteiger partial charge in [0.25, 0.3) is 5.91 Å². The van der Waals surface area contributed by atoms with Crippen LogP contribution in [0.2, 0.25) is 0 Å². The van der Waals surface area contributed by atoms with Crippen LogP contribution in [0.15, 0.2) is 48.5 Å². The van der Waals surface area contributed by atoms with E-state index in [4.69, 9.17) is 4.74 Å². The molecular weight excluding hydrogens is 328 g/mol. The lowest BCUT2D eigenvalue weighted by Crippen LogP contribution is -2.46. The van der Waals surface area contributed by atoms with E-state index in [9.17, 15) is 9.59 Å². The molecule has 1 atom stereocenters. The molecule has 1 aliphatic rings. The minimum Gasteiger partial charge on any atom is -0.478 e. The predicted octanol–water partition coefficient (Wildman–Crippen LogP) is 3.78. The van der Waals surface area contributed by atoms with Crippen molar-refractivity contribution in [1.82, 2.24) is 0 Å². The summed E-state index contributed by atoms with van der Waals surface area (Å²) >= 11 is 0. The first-order valence-corrected chi connectivity index (χ1v) is 9.08. The maximum atomic E-state index is 12.6. The minimum absolute atomic E-state index is 0.0914. The number of nitrogens with one attached hydrogen (secondary N) is 1. The summed E-state index contributed by atoms with van der Waals surface area (Å²) in [5, 5.41) is 2.89. The van der Waals surface area contributed by atoms with Gasteiger partial charge in [-0.3, -0.25) is 9.59 Å². The number of hydrogen-bond acceptors (Lipinski definition) is 3. The SMILES string of the molecule is CCc1ccc(NC(=O)CCN2C(=O)C(CC)Oc3ccccc32)cc1. The molecule has 1 heterocycles. The number of rotatable bonds is 6. The Bertz CT molecular complexity index is 786. The van der Waals surface area contributed by atoms with Gasteiger partial charge in [0.15, 0.2) is 6.10 Å². The van der Waals surface area contributed by atoms with Gasteiger partial charge in [-0.1, -0.05) is 38.1 Å². The quantitative estimate of drug-likeness (QED) is 0.861. The molecule has 2 aromatic carbocycles. The number of carbonyl (C=O) groups excluding carboxylic acids is 2. The molecule has 0 radical (unpaired) electrons. The van der Waals surface area contributed by atoms with Gasteiger partial charge < -0.3 is 15.0 Å². The number of aryl methyl sites for hydroxylation is 1. The van der Waals surface area contributed by atoms with Crippen LogP contribution < -0.4 is 15.0 Å². The molecule has 1 N–H and O–H groups in total. The number of carbonyl (C=O) groups is 2. The van der Waals surface area contributed by atoms with Crippen molar-refractivity contribution in [2.75, 3.05) is 16.8 Å². The Kier molecular flexibility index (Phi) is 5.56. The van der Waals surface area contributed by atoms with Gasteiger partial charge in [-0.05, 0) is 42.7 Å². The van der Waals surface area contributed by atoms with Crippen molar-refractivity contribution < 1.29 is 14.3 Å². The van der Waals surface area contributed by atoms with Crippen molar-refractivity contribution in [2.24, 2.45) is 0 Å². The van der Waals surface area contributed by atoms with Crippen molar-refractivity contribution in [3.63, 3.8) is 0 Å². The van der Waals surface area contributed by atoms with E-state index < -0.39 is 6.10 Å². The Morgan fingerprint density at radius 2 is 1.85 bits per heavy atom. The summed E-state index contributed by atoms with van der Waals surface area (Å²) < 4.78 is 5.76. The van der Waals surface area contributed by atoms with E-state index >= 15 is 0 Å². The van der Waals surface area contributed by atoms with Gasteiger partial charge >= 0.3 is 0 Å². The molecule has 5 heteroatoms. The zero-order chi connectivity index (χ0) is 18.5. The molecule has 2 aromatic rings. The third-order valence-electron chi connectivity index (χ3n) is 4.55. The Balaban J connectivity index is 1.65. The van der Waals surface area contributed by atoms with Crippen molar-refractivity contribution >= 4 is 23.2 Å². The highest BCUT2D eigenvalue weighted by molar-refractivity contribution is 6.01. The van der Waals surface area contributed by atoms with E-state index in [1.54, 1.807) is 4.90 Å². The van der Waals surface area contributed by atoms with Gasteiger partial charge in [-0.25, -0.2) is 0 Å². The molecule has 0 aliphatic carbocycles. The molecule has 0 aromatic heterocycles. The molecule has 0 spiro atoms. The first kappa shape index (κ1) is 18.0. The number of anilines is 2. The average molecular weight is 352 g/mol. The van der Waals surface area contributed by atoms with Crippen molar-refractivity contribution in [1.29, 1.82) is 0 Å². The third-order valence-corrected chi connectivity index (χ3v) is 4.55. The predicted molar refractivity (Wildman–Crippen MR) is 103 cm³/mol. The molecule has 3 rings (SSSR count). The minimum atomic E-state index is -0.491. The highest BCUT2D eigenvalue weighted by Crippen LogP contribution is 2.34. The molecule has 0 bridgehead atoms. The van der Waals surface area contributed by atoms with Crippen LogP contribution in [0.4, 0.5) is 11.4 Å². The molecule has 0 saturated heterocycles. The third kappa shape index (κ3) is 3.87. The van der Waals surface area contributed by atoms with Gasteiger partial charge in [0.1, 0.15) is 5.75 Å². The number of ether oxygens (including phenoxy) is 1. The summed E-state index contributed by atoms with van der Waals surface area (Å²) in [6.45, 7) is 4.34. The van der Waals surface area contributed by atoms with Crippen LogP contribution in [0.25, 0.3) is 0 Å². The zero-order valence-corrected chi connectivity index (χ0v) is 15.2. The summed E-state index contributed by atoms with van der Waals surface area (Å²) in [4.78, 5) is 26.6. The van der Waals surface area contributed by atoms with Crippen LogP contribution in [-0.4, -0.2) is 24.5 Å². The van der Waals surface area contributed by atoms with E-state index in [0.717, 1.165) is 17.8 Å². The molecule has 1 aliphatic heterocycles. The maximum absolute atomic E-state index is 12.6. The van der Waals surface area contributed by atoms with E-state index in [1.165, 1.54) is 5.56 Å². The van der Waals surface area contributed by atoms with E-state index in [1.807, 2.05) is 55.5 Å². The number of nitrogens with zero attached hydrogens (tertiary/aromatic N) is 1. The van der Waals surface area contributed by atoms with Crippen LogP contribution in [0.3, 0.4) is 0 Å². The Labute approximate surface area is 154 Å². The number of amides is 2. The topological polar surface area (TPSA) is 58.6 Å². The number of benzene rings is 2. The Hall–Kier alpha value is -2.82. The molecule has 0 fully saturated rings. The van der Waals surface area contributed by atoms with Crippen LogP contribution in [-0.2, 0) is 16.0 Å². The lowest BCUT2D eigenvalue weighted by Gasteiger charge is -2.33. The summed E-state index contributed by atoms with van der Waals surface area (Å²) in [5.74, 6) is 0.486. The summed E-state index contributed by atoms with van der Waals surface area (Å²) in [6, 6.07) is 15.3. The standard InChI is InChI=1S/C21H24N2O3/c1-3-15-9-11-16(12-10-15)22-20(24)13-14-23-17-7-5-6-8-19(17)26-18(4-2)21(23)25/h5-12,18H,3-4,13-14H2,1-2H3,(H,22,24). The molecule has 2 amide bonds. The molecule has 1 unspecified atom stereocenters. The van der Waals surface area contributed by atoms with Crippen molar-refractivity contribution in [3.8, 4) is 5.75 Å². The summed E-state index contributed by atoms with van der Waals surface area (Å²) in [5.41, 5.74) is 2.72.